The Kier molecular flexibility index (Phi) is 4.81. The molecule has 0 heterocycles. The average molecular weight is 275 g/mol. The molecule has 0 aromatic heterocycles. The van der Waals surface area contributed by atoms with E-state index in [2.05, 4.69) is 13.8 Å². The van der Waals surface area contributed by atoms with Gasteiger partial charge >= 0.3 is 5.97 Å². The van der Waals surface area contributed by atoms with Gasteiger partial charge in [-0.2, -0.15) is 4.89 Å². The highest BCUT2D eigenvalue weighted by atomic mass is 17.2. The van der Waals surface area contributed by atoms with Gasteiger partial charge in [-0.25, -0.2) is 4.79 Å². The zero-order chi connectivity index (χ0) is 14.7. The Hall–Kier alpha value is -1.35. The minimum atomic E-state index is -0.416. The van der Waals surface area contributed by atoms with Crippen molar-refractivity contribution in [2.75, 3.05) is 0 Å². The molecule has 1 aliphatic rings. The molecule has 2 rings (SSSR count). The molecule has 3 nitrogen and oxygen atoms in total. The van der Waals surface area contributed by atoms with E-state index in [-0.39, 0.29) is 0 Å². The molecule has 0 aliphatic heterocycles. The van der Waals surface area contributed by atoms with E-state index in [4.69, 9.17) is 9.78 Å². The molecule has 0 N–H and O–H groups in total. The van der Waals surface area contributed by atoms with Gasteiger partial charge in [0, 0.05) is 0 Å². The van der Waals surface area contributed by atoms with E-state index in [0.717, 1.165) is 30.1 Å². The Labute approximate surface area is 121 Å². The summed E-state index contributed by atoms with van der Waals surface area (Å²) in [4.78, 5) is 22.4. The van der Waals surface area contributed by atoms with Gasteiger partial charge in [0.1, 0.15) is 0 Å². The van der Waals surface area contributed by atoms with Gasteiger partial charge < -0.3 is 0 Å². The normalized spacial score (nSPS) is 23.6. The fourth-order valence-electron chi connectivity index (χ4n) is 2.69. The van der Waals surface area contributed by atoms with Gasteiger partial charge in [0.2, 0.25) is 0 Å². The van der Waals surface area contributed by atoms with E-state index >= 15 is 0 Å². The minimum absolute atomic E-state index is 0.343. The summed E-state index contributed by atoms with van der Waals surface area (Å²) in [6, 6.07) is 5.66. The molecule has 1 radical (unpaired) electrons. The average Bonchev–Trinajstić information content (AvgIpc) is 2.40. The smallest absolute Gasteiger partial charge is 0.292 e. The predicted octanol–water partition coefficient (Wildman–Crippen LogP) is 4.38. The van der Waals surface area contributed by atoms with Gasteiger partial charge in [-0.3, -0.25) is 4.89 Å². The molecule has 1 aliphatic carbocycles. The Morgan fingerprint density at radius 2 is 2.00 bits per heavy atom. The van der Waals surface area contributed by atoms with Gasteiger partial charge in [0.05, 0.1) is 5.56 Å². The van der Waals surface area contributed by atoms with Crippen LogP contribution in [0.1, 0.15) is 54.6 Å². The van der Waals surface area contributed by atoms with Crippen LogP contribution < -0.4 is 0 Å². The third-order valence-corrected chi connectivity index (χ3v) is 4.27. The molecule has 20 heavy (non-hydrogen) atoms. The summed E-state index contributed by atoms with van der Waals surface area (Å²) >= 11 is 0. The number of rotatable bonds is 3. The molecule has 0 bridgehead atoms. The highest BCUT2D eigenvalue weighted by molar-refractivity contribution is 5.90. The van der Waals surface area contributed by atoms with Crippen LogP contribution in [0.3, 0.4) is 0 Å². The first kappa shape index (κ1) is 15.0. The van der Waals surface area contributed by atoms with Crippen LogP contribution in [0.15, 0.2) is 18.2 Å². The van der Waals surface area contributed by atoms with E-state index in [1.807, 2.05) is 26.0 Å². The van der Waals surface area contributed by atoms with Crippen molar-refractivity contribution < 1.29 is 14.6 Å². The highest BCUT2D eigenvalue weighted by Crippen LogP contribution is 2.36. The van der Waals surface area contributed by atoms with Gasteiger partial charge in [0.25, 0.3) is 0 Å². The first-order valence-corrected chi connectivity index (χ1v) is 7.31. The molecular weight excluding hydrogens is 252 g/mol. The van der Waals surface area contributed by atoms with Crippen LogP contribution in [-0.2, 0) is 9.78 Å². The minimum Gasteiger partial charge on any atom is -0.292 e. The summed E-state index contributed by atoms with van der Waals surface area (Å²) in [6.07, 6.45) is 4.08. The molecular formula is C17H23O3. The lowest BCUT2D eigenvalue weighted by molar-refractivity contribution is -0.248. The van der Waals surface area contributed by atoms with Crippen molar-refractivity contribution in [1.82, 2.24) is 0 Å². The van der Waals surface area contributed by atoms with Crippen molar-refractivity contribution >= 4 is 5.97 Å². The van der Waals surface area contributed by atoms with E-state index < -0.39 is 5.97 Å². The highest BCUT2D eigenvalue weighted by Gasteiger charge is 2.31. The predicted molar refractivity (Wildman–Crippen MR) is 77.8 cm³/mol. The molecule has 1 fully saturated rings. The number of hydrogen-bond acceptors (Lipinski definition) is 3. The first-order valence-electron chi connectivity index (χ1n) is 7.31. The number of carbonyl (C=O) groups excluding carboxylic acids is 1. The van der Waals surface area contributed by atoms with Crippen LogP contribution in [-0.4, -0.2) is 5.97 Å². The van der Waals surface area contributed by atoms with Crippen LogP contribution in [0.25, 0.3) is 0 Å². The Morgan fingerprint density at radius 3 is 2.70 bits per heavy atom. The molecule has 2 unspecified atom stereocenters. The zero-order valence-electron chi connectivity index (χ0n) is 12.7. The summed E-state index contributed by atoms with van der Waals surface area (Å²) < 4.78 is 0. The van der Waals surface area contributed by atoms with Crippen molar-refractivity contribution in [2.24, 2.45) is 11.8 Å². The second-order valence-corrected chi connectivity index (χ2v) is 5.90. The van der Waals surface area contributed by atoms with Crippen molar-refractivity contribution in [3.05, 3.63) is 41.0 Å². The summed E-state index contributed by atoms with van der Waals surface area (Å²) in [5.41, 5.74) is 2.60. The van der Waals surface area contributed by atoms with E-state index in [9.17, 15) is 4.79 Å². The maximum absolute atomic E-state index is 12.0. The lowest BCUT2D eigenvalue weighted by Crippen LogP contribution is -2.25. The van der Waals surface area contributed by atoms with Crippen LogP contribution in [0.5, 0.6) is 0 Å². The van der Waals surface area contributed by atoms with Crippen LogP contribution >= 0.6 is 0 Å². The van der Waals surface area contributed by atoms with Gasteiger partial charge in [-0.05, 0) is 43.7 Å². The quantitative estimate of drug-likeness (QED) is 0.606. The first-order chi connectivity index (χ1) is 9.49. The third kappa shape index (κ3) is 3.40. The maximum atomic E-state index is 12.0. The van der Waals surface area contributed by atoms with Crippen molar-refractivity contribution in [2.45, 2.75) is 47.0 Å². The molecule has 1 saturated carbocycles. The van der Waals surface area contributed by atoms with Gasteiger partial charge in [-0.15, -0.1) is 0 Å². The lowest BCUT2D eigenvalue weighted by atomic mass is 9.80. The molecule has 0 saturated heterocycles. The molecule has 3 heteroatoms. The topological polar surface area (TPSA) is 35.5 Å². The fourth-order valence-corrected chi connectivity index (χ4v) is 2.69. The maximum Gasteiger partial charge on any atom is 0.373 e. The molecule has 109 valence electrons. The molecule has 1 aromatic carbocycles. The van der Waals surface area contributed by atoms with E-state index in [0.29, 0.717) is 17.4 Å². The largest absolute Gasteiger partial charge is 0.373 e. The summed E-state index contributed by atoms with van der Waals surface area (Å²) in [7, 11) is 0. The standard InChI is InChI=1S/C17H23O3/c1-11-8-9-15(13(3)10-11)17(18)20-19-16-7-5-6-12(2)14(16)4/h8-10,12,14H,5-7H2,1-4H3. The summed E-state index contributed by atoms with van der Waals surface area (Å²) in [5, 5.41) is 0. The van der Waals surface area contributed by atoms with Gasteiger partial charge in [-0.1, -0.05) is 44.4 Å². The van der Waals surface area contributed by atoms with E-state index in [1.165, 1.54) is 6.42 Å². The fraction of sp³-hybridized carbons (Fsp3) is 0.529. The molecule has 2 atom stereocenters. The van der Waals surface area contributed by atoms with Crippen LogP contribution in [0.4, 0.5) is 0 Å². The van der Waals surface area contributed by atoms with Crippen molar-refractivity contribution in [3.63, 3.8) is 0 Å². The van der Waals surface area contributed by atoms with Gasteiger partial charge in [0.15, 0.2) is 6.10 Å². The SMILES string of the molecule is Cc1ccc(C(=O)OO[C]2CCCC(C)C2C)c(C)c1. The Morgan fingerprint density at radius 1 is 1.25 bits per heavy atom. The molecule has 0 spiro atoms. The number of hydrogen-bond donors (Lipinski definition) is 0. The van der Waals surface area contributed by atoms with Crippen LogP contribution in [0.2, 0.25) is 0 Å². The number of carbonyl (C=O) groups is 1. The summed E-state index contributed by atoms with van der Waals surface area (Å²) in [6.45, 7) is 8.24. The number of aryl methyl sites for hydroxylation is 2. The van der Waals surface area contributed by atoms with Crippen molar-refractivity contribution in [1.29, 1.82) is 0 Å². The second-order valence-electron chi connectivity index (χ2n) is 5.90. The Bertz CT molecular complexity index is 481. The third-order valence-electron chi connectivity index (χ3n) is 4.27. The van der Waals surface area contributed by atoms with Crippen LogP contribution in [0, 0.1) is 31.8 Å². The lowest BCUT2D eigenvalue weighted by Gasteiger charge is -2.31. The zero-order valence-corrected chi connectivity index (χ0v) is 12.7. The molecule has 1 aromatic rings. The summed E-state index contributed by atoms with van der Waals surface area (Å²) in [5.74, 6) is 0.509. The monoisotopic (exact) mass is 275 g/mol. The second kappa shape index (κ2) is 6.40. The van der Waals surface area contributed by atoms with Crippen molar-refractivity contribution in [3.8, 4) is 0 Å². The number of benzene rings is 1. The Balaban J connectivity index is 1.95. The molecule has 0 amide bonds. The van der Waals surface area contributed by atoms with E-state index in [1.54, 1.807) is 6.07 Å².